The Bertz CT molecular complexity index is 596. The minimum Gasteiger partial charge on any atom is -0.335 e. The molecule has 1 aromatic carbocycles. The second-order valence-corrected chi connectivity index (χ2v) is 7.45. The molecule has 0 spiro atoms. The van der Waals surface area contributed by atoms with Gasteiger partial charge in [0.1, 0.15) is 0 Å². The molecule has 0 aliphatic carbocycles. The van der Waals surface area contributed by atoms with Gasteiger partial charge >= 0.3 is 6.03 Å². The van der Waals surface area contributed by atoms with Gasteiger partial charge in [0.2, 0.25) is 10.0 Å². The number of piperidine rings is 1. The van der Waals surface area contributed by atoms with E-state index in [2.05, 4.69) is 5.32 Å². The Morgan fingerprint density at radius 1 is 1.27 bits per heavy atom. The zero-order chi connectivity index (χ0) is 16.2. The number of benzene rings is 1. The standard InChI is InChI=1S/C15H23N3O3S/c1-3-18(14-7-5-4-6-8-14)15(19)16-13-9-11-17(12-10-13)22(2,20)21/h4-8,13H,3,9-12H2,1-2H3,(H,16,19). The van der Waals surface area contributed by atoms with Crippen LogP contribution >= 0.6 is 0 Å². The quantitative estimate of drug-likeness (QED) is 0.915. The highest BCUT2D eigenvalue weighted by molar-refractivity contribution is 7.88. The number of carbonyl (C=O) groups excluding carboxylic acids is 1. The van der Waals surface area contributed by atoms with Crippen molar-refractivity contribution >= 4 is 21.7 Å². The van der Waals surface area contributed by atoms with Crippen molar-refractivity contribution in [2.75, 3.05) is 30.8 Å². The van der Waals surface area contributed by atoms with Crippen molar-refractivity contribution in [2.24, 2.45) is 0 Å². The molecule has 0 radical (unpaired) electrons. The van der Waals surface area contributed by atoms with E-state index in [0.29, 0.717) is 32.5 Å². The van der Waals surface area contributed by atoms with E-state index in [0.717, 1.165) is 5.69 Å². The first-order valence-corrected chi connectivity index (χ1v) is 9.35. The summed E-state index contributed by atoms with van der Waals surface area (Å²) in [6, 6.07) is 9.39. The lowest BCUT2D eigenvalue weighted by Crippen LogP contribution is -2.50. The summed E-state index contributed by atoms with van der Waals surface area (Å²) in [5, 5.41) is 3.01. The largest absolute Gasteiger partial charge is 0.335 e. The highest BCUT2D eigenvalue weighted by atomic mass is 32.2. The van der Waals surface area contributed by atoms with Crippen LogP contribution < -0.4 is 10.2 Å². The number of nitrogens with one attached hydrogen (secondary N) is 1. The van der Waals surface area contributed by atoms with Crippen LogP contribution in [0, 0.1) is 0 Å². The van der Waals surface area contributed by atoms with Gasteiger partial charge in [0.15, 0.2) is 0 Å². The Labute approximate surface area is 132 Å². The maximum atomic E-state index is 12.4. The lowest BCUT2D eigenvalue weighted by atomic mass is 10.1. The van der Waals surface area contributed by atoms with E-state index < -0.39 is 10.0 Å². The number of hydrogen-bond acceptors (Lipinski definition) is 3. The number of urea groups is 1. The number of sulfonamides is 1. The second kappa shape index (κ2) is 7.11. The van der Waals surface area contributed by atoms with Crippen LogP contribution in [0.5, 0.6) is 0 Å². The van der Waals surface area contributed by atoms with E-state index in [1.54, 1.807) is 4.90 Å². The first-order chi connectivity index (χ1) is 10.4. The molecular formula is C15H23N3O3S. The zero-order valence-electron chi connectivity index (χ0n) is 13.0. The van der Waals surface area contributed by atoms with Crippen LogP contribution in [0.25, 0.3) is 0 Å². The van der Waals surface area contributed by atoms with Gasteiger partial charge in [-0.3, -0.25) is 4.90 Å². The van der Waals surface area contributed by atoms with Crippen LogP contribution in [0.15, 0.2) is 30.3 Å². The lowest BCUT2D eigenvalue weighted by molar-refractivity contribution is 0.233. The van der Waals surface area contributed by atoms with Crippen molar-refractivity contribution < 1.29 is 13.2 Å². The summed E-state index contributed by atoms with van der Waals surface area (Å²) in [5.41, 5.74) is 0.857. The fraction of sp³-hybridized carbons (Fsp3) is 0.533. The third-order valence-electron chi connectivity index (χ3n) is 3.88. The Balaban J connectivity index is 1.92. The van der Waals surface area contributed by atoms with Gasteiger partial charge in [-0.15, -0.1) is 0 Å². The summed E-state index contributed by atoms with van der Waals surface area (Å²) in [6.45, 7) is 3.43. The molecule has 2 rings (SSSR count). The van der Waals surface area contributed by atoms with E-state index in [9.17, 15) is 13.2 Å². The van der Waals surface area contributed by atoms with Crippen molar-refractivity contribution in [3.8, 4) is 0 Å². The van der Waals surface area contributed by atoms with Gasteiger partial charge in [0.25, 0.3) is 0 Å². The van der Waals surface area contributed by atoms with Crippen molar-refractivity contribution in [2.45, 2.75) is 25.8 Å². The van der Waals surface area contributed by atoms with Gasteiger partial charge in [-0.25, -0.2) is 17.5 Å². The van der Waals surface area contributed by atoms with Gasteiger partial charge in [-0.2, -0.15) is 0 Å². The van der Waals surface area contributed by atoms with Crippen LogP contribution in [-0.4, -0.2) is 50.7 Å². The number of anilines is 1. The molecular weight excluding hydrogens is 302 g/mol. The molecule has 122 valence electrons. The predicted octanol–water partition coefficient (Wildman–Crippen LogP) is 1.65. The Kier molecular flexibility index (Phi) is 5.42. The van der Waals surface area contributed by atoms with Gasteiger partial charge in [0, 0.05) is 31.4 Å². The number of hydrogen-bond donors (Lipinski definition) is 1. The molecule has 1 aliphatic heterocycles. The normalized spacial score (nSPS) is 17.2. The van der Waals surface area contributed by atoms with Crippen LogP contribution in [-0.2, 0) is 10.0 Å². The smallest absolute Gasteiger partial charge is 0.322 e. The molecule has 1 N–H and O–H groups in total. The molecule has 0 atom stereocenters. The summed E-state index contributed by atoms with van der Waals surface area (Å²) < 4.78 is 24.4. The van der Waals surface area contributed by atoms with Gasteiger partial charge in [-0.05, 0) is 31.9 Å². The van der Waals surface area contributed by atoms with Gasteiger partial charge in [0.05, 0.1) is 6.26 Å². The number of para-hydroxylation sites is 1. The summed E-state index contributed by atoms with van der Waals surface area (Å²) in [5.74, 6) is 0. The number of amides is 2. The lowest BCUT2D eigenvalue weighted by Gasteiger charge is -2.32. The van der Waals surface area contributed by atoms with E-state index in [-0.39, 0.29) is 12.1 Å². The van der Waals surface area contributed by atoms with Crippen molar-refractivity contribution in [1.29, 1.82) is 0 Å². The summed E-state index contributed by atoms with van der Waals surface area (Å²) in [6.07, 6.45) is 2.51. The SMILES string of the molecule is CCN(C(=O)NC1CCN(S(C)(=O)=O)CC1)c1ccccc1. The highest BCUT2D eigenvalue weighted by Crippen LogP contribution is 2.16. The Morgan fingerprint density at radius 2 is 1.86 bits per heavy atom. The van der Waals surface area contributed by atoms with Gasteiger partial charge in [-0.1, -0.05) is 18.2 Å². The third-order valence-corrected chi connectivity index (χ3v) is 5.18. The molecule has 22 heavy (non-hydrogen) atoms. The molecule has 2 amide bonds. The second-order valence-electron chi connectivity index (χ2n) is 5.47. The first kappa shape index (κ1) is 16.8. The molecule has 7 heteroatoms. The fourth-order valence-corrected chi connectivity index (χ4v) is 3.51. The van der Waals surface area contributed by atoms with Gasteiger partial charge < -0.3 is 5.32 Å². The molecule has 0 unspecified atom stereocenters. The highest BCUT2D eigenvalue weighted by Gasteiger charge is 2.26. The van der Waals surface area contributed by atoms with E-state index in [1.165, 1.54) is 10.6 Å². The fourth-order valence-electron chi connectivity index (χ4n) is 2.64. The maximum Gasteiger partial charge on any atom is 0.322 e. The minimum absolute atomic E-state index is 0.0169. The molecule has 1 heterocycles. The first-order valence-electron chi connectivity index (χ1n) is 7.50. The van der Waals surface area contributed by atoms with Crippen LogP contribution in [0.1, 0.15) is 19.8 Å². The summed E-state index contributed by atoms with van der Waals surface area (Å²) >= 11 is 0. The van der Waals surface area contributed by atoms with Crippen molar-refractivity contribution in [1.82, 2.24) is 9.62 Å². The zero-order valence-corrected chi connectivity index (χ0v) is 13.8. The topological polar surface area (TPSA) is 69.7 Å². The number of nitrogens with zero attached hydrogens (tertiary/aromatic N) is 2. The van der Waals surface area contributed by atoms with E-state index in [1.807, 2.05) is 37.3 Å². The molecule has 1 aliphatic rings. The molecule has 0 aromatic heterocycles. The molecule has 1 aromatic rings. The minimum atomic E-state index is -3.13. The molecule has 0 bridgehead atoms. The van der Waals surface area contributed by atoms with E-state index >= 15 is 0 Å². The van der Waals surface area contributed by atoms with Crippen LogP contribution in [0.2, 0.25) is 0 Å². The third kappa shape index (κ3) is 4.20. The molecule has 0 saturated carbocycles. The Hall–Kier alpha value is -1.60. The predicted molar refractivity (Wildman–Crippen MR) is 87.4 cm³/mol. The van der Waals surface area contributed by atoms with E-state index in [4.69, 9.17) is 0 Å². The van der Waals surface area contributed by atoms with Crippen molar-refractivity contribution in [3.05, 3.63) is 30.3 Å². The monoisotopic (exact) mass is 325 g/mol. The van der Waals surface area contributed by atoms with Crippen LogP contribution in [0.4, 0.5) is 10.5 Å². The number of carbonyl (C=O) groups is 1. The Morgan fingerprint density at radius 3 is 2.36 bits per heavy atom. The average Bonchev–Trinajstić information content (AvgIpc) is 2.48. The summed E-state index contributed by atoms with van der Waals surface area (Å²) in [4.78, 5) is 14.1. The maximum absolute atomic E-state index is 12.4. The molecule has 6 nitrogen and oxygen atoms in total. The van der Waals surface area contributed by atoms with Crippen molar-refractivity contribution in [3.63, 3.8) is 0 Å². The van der Waals surface area contributed by atoms with Crippen LogP contribution in [0.3, 0.4) is 0 Å². The average molecular weight is 325 g/mol. The summed E-state index contributed by atoms with van der Waals surface area (Å²) in [7, 11) is -3.13. The molecule has 1 saturated heterocycles. The molecule has 1 fully saturated rings. The number of rotatable bonds is 4.